The summed E-state index contributed by atoms with van der Waals surface area (Å²) in [6, 6.07) is 5.76. The first-order valence-corrected chi connectivity index (χ1v) is 7.63. The van der Waals surface area contributed by atoms with Gasteiger partial charge in [-0.25, -0.2) is 0 Å². The van der Waals surface area contributed by atoms with Crippen LogP contribution in [0.4, 0.5) is 5.69 Å². The summed E-state index contributed by atoms with van der Waals surface area (Å²) in [6.45, 7) is 1.91. The van der Waals surface area contributed by atoms with Crippen LogP contribution in [0.25, 0.3) is 0 Å². The third-order valence-corrected chi connectivity index (χ3v) is 4.88. The van der Waals surface area contributed by atoms with Gasteiger partial charge in [-0.3, -0.25) is 15.0 Å². The summed E-state index contributed by atoms with van der Waals surface area (Å²) in [5.41, 5.74) is 2.57. The number of rotatable bonds is 4. The van der Waals surface area contributed by atoms with Crippen LogP contribution in [-0.2, 0) is 17.6 Å². The molecule has 0 radical (unpaired) electrons. The summed E-state index contributed by atoms with van der Waals surface area (Å²) in [5, 5.41) is 10.9. The quantitative estimate of drug-likeness (QED) is 0.485. The van der Waals surface area contributed by atoms with Crippen molar-refractivity contribution in [3.05, 3.63) is 39.4 Å². The third kappa shape index (κ3) is 2.83. The van der Waals surface area contributed by atoms with Crippen LogP contribution in [0.5, 0.6) is 0 Å². The molecule has 0 bridgehead atoms. The maximum Gasteiger partial charge on any atom is 0.269 e. The Morgan fingerprint density at radius 1 is 1.33 bits per heavy atom. The molecule has 3 rings (SSSR count). The molecule has 1 fully saturated rings. The number of benzene rings is 1. The smallest absolute Gasteiger partial charge is 0.269 e. The van der Waals surface area contributed by atoms with E-state index in [0.29, 0.717) is 18.4 Å². The van der Waals surface area contributed by atoms with Crippen molar-refractivity contribution in [1.82, 2.24) is 4.90 Å². The molecule has 112 valence electrons. The molecule has 2 aliphatic rings. The number of likely N-dealkylation sites (tertiary alicyclic amines) is 1. The predicted molar refractivity (Wildman–Crippen MR) is 79.3 cm³/mol. The van der Waals surface area contributed by atoms with Crippen molar-refractivity contribution in [3.8, 4) is 0 Å². The third-order valence-electron chi connectivity index (χ3n) is 4.88. The summed E-state index contributed by atoms with van der Waals surface area (Å²) < 4.78 is 0. The number of hydrogen-bond donors (Lipinski definition) is 0. The van der Waals surface area contributed by atoms with Crippen LogP contribution in [0.2, 0.25) is 0 Å². The van der Waals surface area contributed by atoms with E-state index in [1.54, 1.807) is 12.1 Å². The van der Waals surface area contributed by atoms with Gasteiger partial charge in [0.05, 0.1) is 4.92 Å². The molecule has 2 unspecified atom stereocenters. The molecule has 1 heterocycles. The molecule has 5 nitrogen and oxygen atoms in total. The van der Waals surface area contributed by atoms with E-state index in [2.05, 4.69) is 4.90 Å². The Morgan fingerprint density at radius 3 is 2.95 bits per heavy atom. The number of aldehydes is 1. The second-order valence-corrected chi connectivity index (χ2v) is 6.08. The van der Waals surface area contributed by atoms with E-state index in [1.165, 1.54) is 12.0 Å². The molecule has 0 N–H and O–H groups in total. The number of hydrogen-bond acceptors (Lipinski definition) is 4. The van der Waals surface area contributed by atoms with Crippen molar-refractivity contribution in [2.45, 2.75) is 38.1 Å². The highest BCUT2D eigenvalue weighted by Crippen LogP contribution is 2.36. The first kappa shape index (κ1) is 14.2. The second kappa shape index (κ2) is 5.93. The topological polar surface area (TPSA) is 63.5 Å². The average molecular weight is 288 g/mol. The fourth-order valence-corrected chi connectivity index (χ4v) is 3.87. The summed E-state index contributed by atoms with van der Waals surface area (Å²) in [7, 11) is 0. The van der Waals surface area contributed by atoms with Gasteiger partial charge in [0.25, 0.3) is 5.69 Å². The number of fused-ring (bicyclic) bond motifs is 2. The number of nitro benzene ring substituents is 1. The minimum Gasteiger partial charge on any atom is -0.303 e. The van der Waals surface area contributed by atoms with Crippen molar-refractivity contribution in [3.63, 3.8) is 0 Å². The summed E-state index contributed by atoms with van der Waals surface area (Å²) in [5.74, 6) is 0.569. The van der Waals surface area contributed by atoms with Gasteiger partial charge in [-0.2, -0.15) is 0 Å². The Balaban J connectivity index is 1.82. The van der Waals surface area contributed by atoms with Gasteiger partial charge in [-0.1, -0.05) is 6.07 Å². The highest BCUT2D eigenvalue weighted by atomic mass is 16.6. The van der Waals surface area contributed by atoms with Crippen molar-refractivity contribution in [2.24, 2.45) is 5.92 Å². The second-order valence-electron chi connectivity index (χ2n) is 6.08. The summed E-state index contributed by atoms with van der Waals surface area (Å²) in [4.78, 5) is 23.6. The summed E-state index contributed by atoms with van der Waals surface area (Å²) in [6.07, 6.45) is 5.81. The monoisotopic (exact) mass is 288 g/mol. The lowest BCUT2D eigenvalue weighted by Crippen LogP contribution is -2.49. The fraction of sp³-hybridized carbons (Fsp3) is 0.562. The van der Waals surface area contributed by atoms with Gasteiger partial charge in [0.2, 0.25) is 0 Å². The van der Waals surface area contributed by atoms with E-state index in [-0.39, 0.29) is 10.6 Å². The number of carbonyl (C=O) groups is 1. The van der Waals surface area contributed by atoms with Crippen molar-refractivity contribution >= 4 is 12.0 Å². The number of nitro groups is 1. The minimum absolute atomic E-state index is 0.195. The van der Waals surface area contributed by atoms with Gasteiger partial charge >= 0.3 is 0 Å². The lowest BCUT2D eigenvalue weighted by atomic mass is 9.75. The van der Waals surface area contributed by atoms with Crippen molar-refractivity contribution in [1.29, 1.82) is 0 Å². The van der Waals surface area contributed by atoms with E-state index in [4.69, 9.17) is 0 Å². The molecule has 2 atom stereocenters. The molecule has 1 aromatic carbocycles. The predicted octanol–water partition coefficient (Wildman–Crippen LogP) is 2.36. The SMILES string of the molecule is O=CCCN1CCCC2Cc3cc([N+](=O)[O-])ccc3CC21. The fourth-order valence-electron chi connectivity index (χ4n) is 3.87. The molecule has 0 aromatic heterocycles. The van der Waals surface area contributed by atoms with Crippen LogP contribution in [-0.4, -0.2) is 35.2 Å². The standard InChI is InChI=1S/C16H20N2O3/c19-8-2-7-17-6-1-3-13-9-14-10-15(18(20)21)5-4-12(14)11-16(13)17/h4-5,8,10,13,16H,1-3,6-7,9,11H2. The molecule has 1 aliphatic heterocycles. The number of piperidine rings is 1. The molecular weight excluding hydrogens is 268 g/mol. The zero-order valence-electron chi connectivity index (χ0n) is 12.0. The molecule has 1 aromatic rings. The summed E-state index contributed by atoms with van der Waals surface area (Å²) >= 11 is 0. The van der Waals surface area contributed by atoms with Crippen LogP contribution in [0, 0.1) is 16.0 Å². The maximum absolute atomic E-state index is 10.9. The Hall–Kier alpha value is -1.75. The van der Waals surface area contributed by atoms with Crippen LogP contribution in [0.1, 0.15) is 30.4 Å². The molecule has 0 saturated carbocycles. The Labute approximate surface area is 124 Å². The highest BCUT2D eigenvalue weighted by Gasteiger charge is 2.35. The lowest BCUT2D eigenvalue weighted by molar-refractivity contribution is -0.384. The molecule has 1 aliphatic carbocycles. The van der Waals surface area contributed by atoms with Gasteiger partial charge in [0, 0.05) is 31.1 Å². The average Bonchev–Trinajstić information content (AvgIpc) is 2.50. The molecule has 5 heteroatoms. The van der Waals surface area contributed by atoms with Crippen LogP contribution < -0.4 is 0 Å². The normalized spacial score (nSPS) is 25.0. The van der Waals surface area contributed by atoms with E-state index in [1.807, 2.05) is 6.07 Å². The number of non-ortho nitro benzene ring substituents is 1. The largest absolute Gasteiger partial charge is 0.303 e. The Kier molecular flexibility index (Phi) is 4.01. The van der Waals surface area contributed by atoms with Gasteiger partial charge < -0.3 is 4.79 Å². The number of nitrogens with zero attached hydrogens (tertiary/aromatic N) is 2. The van der Waals surface area contributed by atoms with E-state index < -0.39 is 0 Å². The van der Waals surface area contributed by atoms with Crippen LogP contribution in [0.15, 0.2) is 18.2 Å². The van der Waals surface area contributed by atoms with Gasteiger partial charge in [0.1, 0.15) is 6.29 Å². The highest BCUT2D eigenvalue weighted by molar-refractivity contribution is 5.49. The van der Waals surface area contributed by atoms with Gasteiger partial charge in [-0.05, 0) is 49.3 Å². The molecule has 0 amide bonds. The Bertz CT molecular complexity index is 558. The minimum atomic E-state index is -0.316. The van der Waals surface area contributed by atoms with Crippen molar-refractivity contribution in [2.75, 3.05) is 13.1 Å². The van der Waals surface area contributed by atoms with Gasteiger partial charge in [-0.15, -0.1) is 0 Å². The zero-order chi connectivity index (χ0) is 14.8. The molecular formula is C16H20N2O3. The van der Waals surface area contributed by atoms with Crippen LogP contribution in [0.3, 0.4) is 0 Å². The zero-order valence-corrected chi connectivity index (χ0v) is 12.0. The van der Waals surface area contributed by atoms with Crippen LogP contribution >= 0.6 is 0 Å². The maximum atomic E-state index is 10.9. The van der Waals surface area contributed by atoms with E-state index in [0.717, 1.165) is 44.2 Å². The molecule has 1 saturated heterocycles. The van der Waals surface area contributed by atoms with Gasteiger partial charge in [0.15, 0.2) is 0 Å². The van der Waals surface area contributed by atoms with E-state index in [9.17, 15) is 14.9 Å². The Morgan fingerprint density at radius 2 is 2.19 bits per heavy atom. The van der Waals surface area contributed by atoms with E-state index >= 15 is 0 Å². The first-order chi connectivity index (χ1) is 10.2. The molecule has 0 spiro atoms. The van der Waals surface area contributed by atoms with Crippen molar-refractivity contribution < 1.29 is 9.72 Å². The number of carbonyl (C=O) groups excluding carboxylic acids is 1. The lowest BCUT2D eigenvalue weighted by Gasteiger charge is -2.44. The molecule has 21 heavy (non-hydrogen) atoms. The first-order valence-electron chi connectivity index (χ1n) is 7.63.